The van der Waals surface area contributed by atoms with E-state index in [0.29, 0.717) is 34.0 Å². The standard InChI is InChI=1S/C29H26F2N4O5S/c30-29(31)12-18(13-29)16-40-27-3-1-2-23(35-27)24-7-6-20-14-32-22(11-25(20)34-24)15-33-28(36)19-4-5-21-17-39-8-9-41(37,38)26(21)10-19/h1-7,10-11,14,18H,8-9,12-13,15-17H2,(H,33,36). The van der Waals surface area contributed by atoms with Gasteiger partial charge in [0, 0.05) is 42.0 Å². The van der Waals surface area contributed by atoms with Crippen LogP contribution in [0.15, 0.2) is 65.7 Å². The lowest BCUT2D eigenvalue weighted by molar-refractivity contribution is -0.119. The summed E-state index contributed by atoms with van der Waals surface area (Å²) in [5.41, 5.74) is 3.13. The number of ether oxygens (including phenoxy) is 2. The fourth-order valence-corrected chi connectivity index (χ4v) is 6.27. The number of pyridine rings is 3. The zero-order chi connectivity index (χ0) is 28.6. The number of benzene rings is 1. The smallest absolute Gasteiger partial charge is 0.251 e. The van der Waals surface area contributed by atoms with E-state index in [-0.39, 0.29) is 61.3 Å². The van der Waals surface area contributed by atoms with Crippen molar-refractivity contribution in [2.24, 2.45) is 5.92 Å². The Labute approximate surface area is 234 Å². The lowest BCUT2D eigenvalue weighted by Gasteiger charge is -2.34. The molecule has 4 aromatic rings. The second-order valence-electron chi connectivity index (χ2n) is 10.2. The van der Waals surface area contributed by atoms with E-state index >= 15 is 0 Å². The first-order valence-corrected chi connectivity index (χ1v) is 14.8. The van der Waals surface area contributed by atoms with Crippen LogP contribution in [0.25, 0.3) is 22.3 Å². The van der Waals surface area contributed by atoms with Crippen molar-refractivity contribution in [3.63, 3.8) is 0 Å². The fourth-order valence-electron chi connectivity index (χ4n) is 4.88. The third kappa shape index (κ3) is 6.03. The minimum atomic E-state index is -3.53. The van der Waals surface area contributed by atoms with Crippen LogP contribution in [-0.2, 0) is 27.7 Å². The Morgan fingerprint density at radius 2 is 1.90 bits per heavy atom. The van der Waals surface area contributed by atoms with Gasteiger partial charge >= 0.3 is 0 Å². The van der Waals surface area contributed by atoms with Gasteiger partial charge in [-0.05, 0) is 42.0 Å². The van der Waals surface area contributed by atoms with E-state index in [2.05, 4.69) is 15.3 Å². The van der Waals surface area contributed by atoms with E-state index in [0.717, 1.165) is 5.39 Å². The number of aromatic nitrogens is 3. The molecule has 0 radical (unpaired) electrons. The second kappa shape index (κ2) is 10.7. The molecule has 1 saturated carbocycles. The molecular formula is C29H26F2N4O5S. The molecule has 1 aliphatic carbocycles. The van der Waals surface area contributed by atoms with Gasteiger partial charge in [-0.1, -0.05) is 12.1 Å². The predicted octanol–water partition coefficient (Wildman–Crippen LogP) is 4.35. The Balaban J connectivity index is 1.14. The maximum absolute atomic E-state index is 13.1. The number of amides is 1. The number of carbonyl (C=O) groups excluding carboxylic acids is 1. The lowest BCUT2D eigenvalue weighted by atomic mass is 9.82. The monoisotopic (exact) mass is 580 g/mol. The summed E-state index contributed by atoms with van der Waals surface area (Å²) in [5, 5.41) is 3.58. The summed E-state index contributed by atoms with van der Waals surface area (Å²) in [4.78, 5) is 26.6. The molecule has 0 bridgehead atoms. The molecule has 4 heterocycles. The van der Waals surface area contributed by atoms with Crippen LogP contribution < -0.4 is 10.1 Å². The zero-order valence-electron chi connectivity index (χ0n) is 21.8. The average molecular weight is 581 g/mol. The van der Waals surface area contributed by atoms with Crippen LogP contribution in [0.2, 0.25) is 0 Å². The summed E-state index contributed by atoms with van der Waals surface area (Å²) in [6.45, 7) is 0.589. The van der Waals surface area contributed by atoms with E-state index in [1.54, 1.807) is 42.6 Å². The van der Waals surface area contributed by atoms with Gasteiger partial charge in [-0.3, -0.25) is 9.78 Å². The molecule has 0 spiro atoms. The molecule has 1 N–H and O–H groups in total. The van der Waals surface area contributed by atoms with E-state index in [9.17, 15) is 22.0 Å². The van der Waals surface area contributed by atoms with Gasteiger partial charge < -0.3 is 14.8 Å². The van der Waals surface area contributed by atoms with Gasteiger partial charge in [0.05, 0.1) is 59.6 Å². The van der Waals surface area contributed by atoms with Crippen molar-refractivity contribution < 1.29 is 31.5 Å². The summed E-state index contributed by atoms with van der Waals surface area (Å²) < 4.78 is 62.3. The van der Waals surface area contributed by atoms with Crippen molar-refractivity contribution in [3.05, 3.63) is 77.6 Å². The largest absolute Gasteiger partial charge is 0.477 e. The topological polar surface area (TPSA) is 120 Å². The molecular weight excluding hydrogens is 554 g/mol. The SMILES string of the molecule is O=C(NCc1cc2nc(-c3cccc(OCC4CC(F)(F)C4)n3)ccc2cn1)c1ccc2c(c1)S(=O)(=O)CCOC2. The number of nitrogens with zero attached hydrogens (tertiary/aromatic N) is 3. The number of halogens is 2. The van der Waals surface area contributed by atoms with Gasteiger partial charge in [0.25, 0.3) is 5.91 Å². The minimum absolute atomic E-state index is 0.107. The van der Waals surface area contributed by atoms with Gasteiger partial charge in [-0.15, -0.1) is 0 Å². The summed E-state index contributed by atoms with van der Waals surface area (Å²) in [5.74, 6) is -2.98. The number of fused-ring (bicyclic) bond motifs is 2. The number of hydrogen-bond acceptors (Lipinski definition) is 8. The maximum Gasteiger partial charge on any atom is 0.251 e. The van der Waals surface area contributed by atoms with Crippen molar-refractivity contribution in [2.45, 2.75) is 36.8 Å². The molecule has 212 valence electrons. The van der Waals surface area contributed by atoms with Gasteiger partial charge in [-0.2, -0.15) is 0 Å². The summed E-state index contributed by atoms with van der Waals surface area (Å²) >= 11 is 0. The van der Waals surface area contributed by atoms with Gasteiger partial charge in [0.15, 0.2) is 9.84 Å². The highest BCUT2D eigenvalue weighted by molar-refractivity contribution is 7.91. The Hall–Kier alpha value is -4.03. The molecule has 1 aromatic carbocycles. The summed E-state index contributed by atoms with van der Waals surface area (Å²) in [6.07, 6.45) is 1.32. The van der Waals surface area contributed by atoms with Crippen molar-refractivity contribution in [2.75, 3.05) is 19.0 Å². The highest BCUT2D eigenvalue weighted by Gasteiger charge is 2.45. The van der Waals surface area contributed by atoms with E-state index in [1.165, 1.54) is 6.07 Å². The van der Waals surface area contributed by atoms with Crippen LogP contribution in [0.1, 0.15) is 34.5 Å². The zero-order valence-corrected chi connectivity index (χ0v) is 22.7. The summed E-state index contributed by atoms with van der Waals surface area (Å²) in [6, 6.07) is 15.2. The van der Waals surface area contributed by atoms with E-state index in [4.69, 9.17) is 14.5 Å². The predicted molar refractivity (Wildman–Crippen MR) is 145 cm³/mol. The van der Waals surface area contributed by atoms with Gasteiger partial charge in [0.2, 0.25) is 11.8 Å². The van der Waals surface area contributed by atoms with Crippen molar-refractivity contribution >= 4 is 26.6 Å². The number of hydrogen-bond donors (Lipinski definition) is 1. The normalized spacial score (nSPS) is 17.7. The minimum Gasteiger partial charge on any atom is -0.477 e. The number of alkyl halides is 2. The molecule has 1 amide bonds. The van der Waals surface area contributed by atoms with Crippen molar-refractivity contribution in [1.29, 1.82) is 0 Å². The van der Waals surface area contributed by atoms with E-state index in [1.807, 2.05) is 12.1 Å². The first-order valence-electron chi connectivity index (χ1n) is 13.1. The molecule has 3 aromatic heterocycles. The van der Waals surface area contributed by atoms with Crippen molar-refractivity contribution in [3.8, 4) is 17.3 Å². The highest BCUT2D eigenvalue weighted by atomic mass is 32.2. The third-order valence-corrected chi connectivity index (χ3v) is 8.86. The Kier molecular flexibility index (Phi) is 7.12. The first kappa shape index (κ1) is 27.2. The third-order valence-electron chi connectivity index (χ3n) is 7.11. The molecule has 12 heteroatoms. The van der Waals surface area contributed by atoms with Gasteiger partial charge in [-0.25, -0.2) is 27.2 Å². The van der Waals surface area contributed by atoms with Crippen LogP contribution in [0.3, 0.4) is 0 Å². The average Bonchev–Trinajstić information content (AvgIpc) is 3.10. The Morgan fingerprint density at radius 1 is 1.07 bits per heavy atom. The second-order valence-corrected chi connectivity index (χ2v) is 12.3. The molecule has 0 unspecified atom stereocenters. The molecule has 41 heavy (non-hydrogen) atoms. The van der Waals surface area contributed by atoms with Crippen LogP contribution in [0, 0.1) is 5.92 Å². The summed E-state index contributed by atoms with van der Waals surface area (Å²) in [7, 11) is -3.53. The fraction of sp³-hybridized carbons (Fsp3) is 0.310. The highest BCUT2D eigenvalue weighted by Crippen LogP contribution is 2.42. The number of rotatable bonds is 7. The molecule has 0 atom stereocenters. The Morgan fingerprint density at radius 3 is 2.73 bits per heavy atom. The molecule has 0 saturated heterocycles. The van der Waals surface area contributed by atoms with Crippen molar-refractivity contribution in [1.82, 2.24) is 20.3 Å². The quantitative estimate of drug-likeness (QED) is 0.343. The van der Waals surface area contributed by atoms with Crippen LogP contribution >= 0.6 is 0 Å². The maximum atomic E-state index is 13.1. The number of sulfone groups is 1. The molecule has 1 aliphatic heterocycles. The molecule has 9 nitrogen and oxygen atoms in total. The van der Waals surface area contributed by atoms with Crippen LogP contribution in [0.4, 0.5) is 8.78 Å². The number of nitrogens with one attached hydrogen (secondary N) is 1. The first-order chi connectivity index (χ1) is 19.6. The molecule has 6 rings (SSSR count). The van der Waals surface area contributed by atoms with Crippen LogP contribution in [-0.4, -0.2) is 54.2 Å². The lowest BCUT2D eigenvalue weighted by Crippen LogP contribution is -2.38. The molecule has 1 fully saturated rings. The molecule has 2 aliphatic rings. The van der Waals surface area contributed by atoms with E-state index < -0.39 is 21.7 Å². The van der Waals surface area contributed by atoms with Crippen LogP contribution in [0.5, 0.6) is 5.88 Å². The van der Waals surface area contributed by atoms with Gasteiger partial charge in [0.1, 0.15) is 0 Å². The Bertz CT molecular complexity index is 1740. The number of carbonyl (C=O) groups is 1.